The number of aromatic nitrogens is 1. The number of hydrogen-bond acceptors (Lipinski definition) is 5. The highest BCUT2D eigenvalue weighted by Crippen LogP contribution is 2.31. The Labute approximate surface area is 153 Å². The van der Waals surface area contributed by atoms with Crippen LogP contribution in [-0.2, 0) is 6.54 Å². The maximum Gasteiger partial charge on any atom is 0.251 e. The number of rotatable bonds is 4. The van der Waals surface area contributed by atoms with E-state index in [1.807, 2.05) is 42.5 Å². The van der Waals surface area contributed by atoms with E-state index < -0.39 is 0 Å². The second-order valence-corrected chi connectivity index (χ2v) is 6.66. The fourth-order valence-corrected chi connectivity index (χ4v) is 3.46. The molecule has 1 amide bonds. The van der Waals surface area contributed by atoms with Crippen LogP contribution in [0.4, 0.5) is 0 Å². The van der Waals surface area contributed by atoms with Crippen LogP contribution in [0.3, 0.4) is 0 Å². The molecule has 0 saturated heterocycles. The zero-order chi connectivity index (χ0) is 17.9. The standard InChI is InChI=1S/C20H13N3O2S/c21-11-13-5-7-14(8-6-13)19(24)22-12-15-9-10-17(25-15)20-23-16-3-1-2-4-18(16)26-20/h1-10H,12H2,(H,22,24). The van der Waals surface area contributed by atoms with Crippen LogP contribution in [0.2, 0.25) is 0 Å². The first-order chi connectivity index (χ1) is 12.7. The van der Waals surface area contributed by atoms with Crippen molar-refractivity contribution in [3.05, 3.63) is 77.6 Å². The SMILES string of the molecule is N#Cc1ccc(C(=O)NCc2ccc(-c3nc4ccccc4s3)o2)cc1. The third-order valence-corrected chi connectivity index (χ3v) is 4.92. The van der Waals surface area contributed by atoms with Gasteiger partial charge in [-0.1, -0.05) is 12.1 Å². The molecule has 0 spiro atoms. The molecule has 0 aliphatic heterocycles. The van der Waals surface area contributed by atoms with E-state index in [1.54, 1.807) is 35.6 Å². The van der Waals surface area contributed by atoms with Crippen LogP contribution < -0.4 is 5.32 Å². The number of carbonyl (C=O) groups is 1. The third kappa shape index (κ3) is 3.21. The molecule has 0 atom stereocenters. The van der Waals surface area contributed by atoms with Crippen molar-refractivity contribution in [3.8, 4) is 16.8 Å². The summed E-state index contributed by atoms with van der Waals surface area (Å²) in [6.07, 6.45) is 0. The Balaban J connectivity index is 1.44. The summed E-state index contributed by atoms with van der Waals surface area (Å²) in [6.45, 7) is 0.281. The van der Waals surface area contributed by atoms with Gasteiger partial charge in [-0.25, -0.2) is 4.98 Å². The molecular formula is C20H13N3O2S. The van der Waals surface area contributed by atoms with Gasteiger partial charge in [0.15, 0.2) is 10.8 Å². The Morgan fingerprint density at radius 2 is 1.92 bits per heavy atom. The highest BCUT2D eigenvalue weighted by Gasteiger charge is 2.11. The molecule has 5 nitrogen and oxygen atoms in total. The normalized spacial score (nSPS) is 10.6. The smallest absolute Gasteiger partial charge is 0.251 e. The van der Waals surface area contributed by atoms with Crippen molar-refractivity contribution in [2.24, 2.45) is 0 Å². The van der Waals surface area contributed by atoms with E-state index >= 15 is 0 Å². The lowest BCUT2D eigenvalue weighted by Gasteiger charge is -2.03. The van der Waals surface area contributed by atoms with Gasteiger partial charge in [-0.2, -0.15) is 5.26 Å². The number of thiazole rings is 1. The molecule has 2 aromatic carbocycles. The predicted octanol–water partition coefficient (Wildman–Crippen LogP) is 4.36. The number of amides is 1. The van der Waals surface area contributed by atoms with Crippen molar-refractivity contribution in [3.63, 3.8) is 0 Å². The summed E-state index contributed by atoms with van der Waals surface area (Å²) in [5.74, 6) is 1.13. The van der Waals surface area contributed by atoms with E-state index in [1.165, 1.54) is 0 Å². The molecule has 0 aliphatic rings. The molecule has 0 unspecified atom stereocenters. The van der Waals surface area contributed by atoms with Crippen molar-refractivity contribution < 1.29 is 9.21 Å². The molecule has 6 heteroatoms. The number of nitriles is 1. The lowest BCUT2D eigenvalue weighted by molar-refractivity contribution is 0.0948. The van der Waals surface area contributed by atoms with Crippen molar-refractivity contribution in [1.82, 2.24) is 10.3 Å². The average molecular weight is 359 g/mol. The van der Waals surface area contributed by atoms with Crippen LogP contribution in [0.5, 0.6) is 0 Å². The van der Waals surface area contributed by atoms with Crippen LogP contribution in [0.1, 0.15) is 21.7 Å². The maximum atomic E-state index is 12.2. The predicted molar refractivity (Wildman–Crippen MR) is 99.6 cm³/mol. The Kier molecular flexibility index (Phi) is 4.22. The molecule has 2 aromatic heterocycles. The Morgan fingerprint density at radius 1 is 1.12 bits per heavy atom. The van der Waals surface area contributed by atoms with Gasteiger partial charge < -0.3 is 9.73 Å². The lowest BCUT2D eigenvalue weighted by atomic mass is 10.1. The molecule has 4 rings (SSSR count). The molecule has 0 fully saturated rings. The summed E-state index contributed by atoms with van der Waals surface area (Å²) in [7, 11) is 0. The molecule has 0 aliphatic carbocycles. The first-order valence-electron chi connectivity index (χ1n) is 7.96. The van der Waals surface area contributed by atoms with Crippen LogP contribution in [-0.4, -0.2) is 10.9 Å². The number of nitrogens with one attached hydrogen (secondary N) is 1. The van der Waals surface area contributed by atoms with Gasteiger partial charge in [-0.15, -0.1) is 11.3 Å². The van der Waals surface area contributed by atoms with Crippen molar-refractivity contribution in [2.45, 2.75) is 6.54 Å². The maximum absolute atomic E-state index is 12.2. The topological polar surface area (TPSA) is 78.9 Å². The van der Waals surface area contributed by atoms with Crippen LogP contribution in [0, 0.1) is 11.3 Å². The molecular weight excluding hydrogens is 346 g/mol. The number of hydrogen-bond donors (Lipinski definition) is 1. The molecule has 2 heterocycles. The second-order valence-electron chi connectivity index (χ2n) is 5.62. The fraction of sp³-hybridized carbons (Fsp3) is 0.0500. The minimum absolute atomic E-state index is 0.215. The summed E-state index contributed by atoms with van der Waals surface area (Å²) in [6, 6.07) is 20.1. The highest BCUT2D eigenvalue weighted by molar-refractivity contribution is 7.21. The number of benzene rings is 2. The van der Waals surface area contributed by atoms with E-state index in [4.69, 9.17) is 9.68 Å². The van der Waals surface area contributed by atoms with Gasteiger partial charge >= 0.3 is 0 Å². The lowest BCUT2D eigenvalue weighted by Crippen LogP contribution is -2.22. The average Bonchev–Trinajstić information content (AvgIpc) is 3.32. The van der Waals surface area contributed by atoms with E-state index in [0.29, 0.717) is 22.6 Å². The molecule has 26 heavy (non-hydrogen) atoms. The van der Waals surface area contributed by atoms with Gasteiger partial charge in [0.1, 0.15) is 5.76 Å². The molecule has 1 N–H and O–H groups in total. The summed E-state index contributed by atoms with van der Waals surface area (Å²) in [4.78, 5) is 16.7. The molecule has 0 bridgehead atoms. The Hall–Kier alpha value is -3.43. The molecule has 0 radical (unpaired) electrons. The van der Waals surface area contributed by atoms with E-state index in [2.05, 4.69) is 10.3 Å². The van der Waals surface area contributed by atoms with Crippen molar-refractivity contribution in [1.29, 1.82) is 5.26 Å². The van der Waals surface area contributed by atoms with Gasteiger partial charge in [0.05, 0.1) is 28.4 Å². The van der Waals surface area contributed by atoms with Crippen molar-refractivity contribution in [2.75, 3.05) is 0 Å². The second kappa shape index (κ2) is 6.82. The summed E-state index contributed by atoms with van der Waals surface area (Å²) in [5, 5.41) is 12.4. The van der Waals surface area contributed by atoms with E-state index in [9.17, 15) is 4.79 Å². The number of nitrogens with zero attached hydrogens (tertiary/aromatic N) is 2. The molecule has 4 aromatic rings. The van der Waals surface area contributed by atoms with Gasteiger partial charge in [0, 0.05) is 5.56 Å². The number of fused-ring (bicyclic) bond motifs is 1. The zero-order valence-electron chi connectivity index (χ0n) is 13.6. The van der Waals surface area contributed by atoms with Gasteiger partial charge in [-0.3, -0.25) is 4.79 Å². The van der Waals surface area contributed by atoms with Gasteiger partial charge in [0.2, 0.25) is 0 Å². The van der Waals surface area contributed by atoms with E-state index in [-0.39, 0.29) is 12.5 Å². The largest absolute Gasteiger partial charge is 0.457 e. The summed E-state index contributed by atoms with van der Waals surface area (Å²) >= 11 is 1.57. The number of carbonyl (C=O) groups excluding carboxylic acids is 1. The zero-order valence-corrected chi connectivity index (χ0v) is 14.4. The fourth-order valence-electron chi connectivity index (χ4n) is 2.53. The molecule has 0 saturated carbocycles. The summed E-state index contributed by atoms with van der Waals surface area (Å²) < 4.78 is 6.92. The molecule has 126 valence electrons. The van der Waals surface area contributed by atoms with Crippen molar-refractivity contribution >= 4 is 27.5 Å². The summed E-state index contributed by atoms with van der Waals surface area (Å²) in [5.41, 5.74) is 1.97. The van der Waals surface area contributed by atoms with Gasteiger partial charge in [-0.05, 0) is 48.5 Å². The first kappa shape index (κ1) is 16.1. The van der Waals surface area contributed by atoms with E-state index in [0.717, 1.165) is 15.2 Å². The van der Waals surface area contributed by atoms with Crippen LogP contribution in [0.15, 0.2) is 65.1 Å². The van der Waals surface area contributed by atoms with Gasteiger partial charge in [0.25, 0.3) is 5.91 Å². The third-order valence-electron chi connectivity index (χ3n) is 3.87. The van der Waals surface area contributed by atoms with Crippen LogP contribution >= 0.6 is 11.3 Å². The minimum atomic E-state index is -0.215. The van der Waals surface area contributed by atoms with Crippen LogP contribution in [0.25, 0.3) is 21.0 Å². The monoisotopic (exact) mass is 359 g/mol. The Morgan fingerprint density at radius 3 is 2.69 bits per heavy atom. The number of para-hydroxylation sites is 1. The first-order valence-corrected chi connectivity index (χ1v) is 8.77. The Bertz CT molecular complexity index is 1090. The minimum Gasteiger partial charge on any atom is -0.457 e. The highest BCUT2D eigenvalue weighted by atomic mass is 32.1. The number of furan rings is 1. The quantitative estimate of drug-likeness (QED) is 0.587.